The molecule has 0 saturated carbocycles. The lowest BCUT2D eigenvalue weighted by atomic mass is 10.1. The number of carbonyl (C=O) groups is 1. The fourth-order valence-electron chi connectivity index (χ4n) is 3.02. The largest absolute Gasteiger partial charge is 0.481 e. The third-order valence-electron chi connectivity index (χ3n) is 4.43. The van der Waals surface area contributed by atoms with Crippen LogP contribution in [0.1, 0.15) is 18.4 Å². The number of hydrogen-bond acceptors (Lipinski definition) is 5. The number of aryl methyl sites for hydroxylation is 1. The first-order valence-electron chi connectivity index (χ1n) is 8.70. The average Bonchev–Trinajstić information content (AvgIpc) is 2.93. The molecular weight excluding hydrogens is 316 g/mol. The maximum atomic E-state index is 12.5. The lowest BCUT2D eigenvalue weighted by Crippen LogP contribution is -2.35. The predicted octanol–water partition coefficient (Wildman–Crippen LogP) is 2.16. The number of benzene rings is 1. The molecule has 0 bridgehead atoms. The highest BCUT2D eigenvalue weighted by molar-refractivity contribution is 5.76. The summed E-state index contributed by atoms with van der Waals surface area (Å²) in [5, 5.41) is 0. The van der Waals surface area contributed by atoms with Crippen molar-refractivity contribution >= 4 is 11.9 Å². The molecule has 132 valence electrons. The van der Waals surface area contributed by atoms with Crippen molar-refractivity contribution in [3.63, 3.8) is 0 Å². The monoisotopic (exact) mass is 340 g/mol. The minimum absolute atomic E-state index is 0.220. The highest BCUT2D eigenvalue weighted by Crippen LogP contribution is 2.15. The number of methoxy groups -OCH3 is 1. The molecule has 1 aromatic heterocycles. The van der Waals surface area contributed by atoms with Gasteiger partial charge in [0.05, 0.1) is 7.11 Å². The van der Waals surface area contributed by atoms with Crippen molar-refractivity contribution < 1.29 is 9.53 Å². The van der Waals surface area contributed by atoms with Crippen LogP contribution in [0.25, 0.3) is 0 Å². The Morgan fingerprint density at radius 1 is 1.12 bits per heavy atom. The van der Waals surface area contributed by atoms with E-state index in [0.717, 1.165) is 32.5 Å². The zero-order chi connectivity index (χ0) is 17.5. The summed E-state index contributed by atoms with van der Waals surface area (Å²) in [7, 11) is 1.60. The van der Waals surface area contributed by atoms with Crippen molar-refractivity contribution in [1.82, 2.24) is 14.9 Å². The third kappa shape index (κ3) is 4.68. The Kier molecular flexibility index (Phi) is 5.82. The van der Waals surface area contributed by atoms with Crippen LogP contribution in [0.5, 0.6) is 5.88 Å². The summed E-state index contributed by atoms with van der Waals surface area (Å²) >= 11 is 0. The number of anilines is 1. The van der Waals surface area contributed by atoms with Crippen molar-refractivity contribution in [2.75, 3.05) is 38.2 Å². The molecule has 1 saturated heterocycles. The quantitative estimate of drug-likeness (QED) is 0.835. The molecule has 0 atom stereocenters. The Balaban J connectivity index is 1.54. The van der Waals surface area contributed by atoms with E-state index in [9.17, 15) is 4.79 Å². The number of rotatable bonds is 5. The van der Waals surface area contributed by atoms with E-state index in [2.05, 4.69) is 27.0 Å². The Morgan fingerprint density at radius 3 is 2.76 bits per heavy atom. The molecule has 2 heterocycles. The summed E-state index contributed by atoms with van der Waals surface area (Å²) < 4.78 is 5.17. The minimum Gasteiger partial charge on any atom is -0.481 e. The first-order valence-corrected chi connectivity index (χ1v) is 8.70. The molecule has 1 aromatic carbocycles. The van der Waals surface area contributed by atoms with E-state index in [-0.39, 0.29) is 5.91 Å². The van der Waals surface area contributed by atoms with Gasteiger partial charge in [-0.2, -0.15) is 4.98 Å². The second kappa shape index (κ2) is 8.46. The standard InChI is InChI=1S/C19H24N4O2/c1-25-17-10-11-20-19(21-17)23-13-5-12-22(14-15-23)18(24)9-8-16-6-3-2-4-7-16/h2-4,6-7,10-11H,5,8-9,12-15H2,1H3. The summed E-state index contributed by atoms with van der Waals surface area (Å²) in [6.45, 7) is 3.07. The maximum absolute atomic E-state index is 12.5. The minimum atomic E-state index is 0.220. The second-order valence-electron chi connectivity index (χ2n) is 6.11. The smallest absolute Gasteiger partial charge is 0.228 e. The van der Waals surface area contributed by atoms with Gasteiger partial charge >= 0.3 is 0 Å². The van der Waals surface area contributed by atoms with Gasteiger partial charge in [-0.1, -0.05) is 30.3 Å². The van der Waals surface area contributed by atoms with Crippen molar-refractivity contribution in [1.29, 1.82) is 0 Å². The number of amides is 1. The van der Waals surface area contributed by atoms with Gasteiger partial charge in [-0.15, -0.1) is 0 Å². The SMILES string of the molecule is COc1ccnc(N2CCCN(C(=O)CCc3ccccc3)CC2)n1. The molecule has 1 aliphatic heterocycles. The molecule has 2 aromatic rings. The Bertz CT molecular complexity index is 693. The van der Waals surface area contributed by atoms with E-state index in [4.69, 9.17) is 4.74 Å². The molecule has 0 aliphatic carbocycles. The zero-order valence-electron chi connectivity index (χ0n) is 14.6. The van der Waals surface area contributed by atoms with Crippen LogP contribution in [0.15, 0.2) is 42.6 Å². The highest BCUT2D eigenvalue weighted by atomic mass is 16.5. The van der Waals surface area contributed by atoms with E-state index >= 15 is 0 Å². The van der Waals surface area contributed by atoms with Gasteiger partial charge in [0, 0.05) is 44.9 Å². The van der Waals surface area contributed by atoms with Gasteiger partial charge < -0.3 is 14.5 Å². The van der Waals surface area contributed by atoms with Crippen molar-refractivity contribution in [2.45, 2.75) is 19.3 Å². The molecule has 0 spiro atoms. The fourth-order valence-corrected chi connectivity index (χ4v) is 3.02. The zero-order valence-corrected chi connectivity index (χ0v) is 14.6. The first kappa shape index (κ1) is 17.2. The predicted molar refractivity (Wildman–Crippen MR) is 96.8 cm³/mol. The molecule has 0 radical (unpaired) electrons. The molecule has 1 fully saturated rings. The van der Waals surface area contributed by atoms with Gasteiger partial charge in [0.1, 0.15) is 0 Å². The Labute approximate surface area is 148 Å². The van der Waals surface area contributed by atoms with Gasteiger partial charge in [-0.25, -0.2) is 4.98 Å². The normalized spacial score (nSPS) is 14.9. The van der Waals surface area contributed by atoms with E-state index in [1.165, 1.54) is 5.56 Å². The van der Waals surface area contributed by atoms with Crippen molar-refractivity contribution in [3.05, 3.63) is 48.2 Å². The summed E-state index contributed by atoms with van der Waals surface area (Å²) in [6.07, 6.45) is 3.96. The summed E-state index contributed by atoms with van der Waals surface area (Å²) in [5.41, 5.74) is 1.21. The fraction of sp³-hybridized carbons (Fsp3) is 0.421. The average molecular weight is 340 g/mol. The van der Waals surface area contributed by atoms with Crippen LogP contribution in [-0.4, -0.2) is 54.1 Å². The van der Waals surface area contributed by atoms with E-state index in [0.29, 0.717) is 24.8 Å². The Hall–Kier alpha value is -2.63. The van der Waals surface area contributed by atoms with E-state index in [1.807, 2.05) is 23.1 Å². The number of carbonyl (C=O) groups excluding carboxylic acids is 1. The number of hydrogen-bond donors (Lipinski definition) is 0. The lowest BCUT2D eigenvalue weighted by molar-refractivity contribution is -0.130. The number of ether oxygens (including phenoxy) is 1. The van der Waals surface area contributed by atoms with Crippen LogP contribution in [-0.2, 0) is 11.2 Å². The molecule has 6 nitrogen and oxygen atoms in total. The molecule has 25 heavy (non-hydrogen) atoms. The van der Waals surface area contributed by atoms with Gasteiger partial charge in [0.25, 0.3) is 0 Å². The van der Waals surface area contributed by atoms with Crippen LogP contribution in [0, 0.1) is 0 Å². The van der Waals surface area contributed by atoms with Crippen molar-refractivity contribution in [3.8, 4) is 5.88 Å². The maximum Gasteiger partial charge on any atom is 0.228 e. The van der Waals surface area contributed by atoms with Crippen LogP contribution in [0.2, 0.25) is 0 Å². The molecule has 1 amide bonds. The van der Waals surface area contributed by atoms with E-state index < -0.39 is 0 Å². The molecular formula is C19H24N4O2. The molecule has 3 rings (SSSR count). The van der Waals surface area contributed by atoms with Crippen LogP contribution in [0.4, 0.5) is 5.95 Å². The lowest BCUT2D eigenvalue weighted by Gasteiger charge is -2.22. The van der Waals surface area contributed by atoms with Gasteiger partial charge in [-0.3, -0.25) is 4.79 Å². The molecule has 0 unspecified atom stereocenters. The summed E-state index contributed by atoms with van der Waals surface area (Å²) in [5.74, 6) is 1.44. The van der Waals surface area contributed by atoms with Gasteiger partial charge in [0.2, 0.25) is 17.7 Å². The van der Waals surface area contributed by atoms with Crippen molar-refractivity contribution in [2.24, 2.45) is 0 Å². The summed E-state index contributed by atoms with van der Waals surface area (Å²) in [6, 6.07) is 11.9. The second-order valence-corrected chi connectivity index (χ2v) is 6.11. The third-order valence-corrected chi connectivity index (χ3v) is 4.43. The van der Waals surface area contributed by atoms with Gasteiger partial charge in [-0.05, 0) is 18.4 Å². The van der Waals surface area contributed by atoms with Crippen LogP contribution < -0.4 is 9.64 Å². The molecule has 0 N–H and O–H groups in total. The summed E-state index contributed by atoms with van der Waals surface area (Å²) in [4.78, 5) is 25.3. The number of aromatic nitrogens is 2. The van der Waals surface area contributed by atoms with Crippen LogP contribution >= 0.6 is 0 Å². The topological polar surface area (TPSA) is 58.6 Å². The van der Waals surface area contributed by atoms with Gasteiger partial charge in [0.15, 0.2) is 0 Å². The number of nitrogens with zero attached hydrogens (tertiary/aromatic N) is 4. The Morgan fingerprint density at radius 2 is 1.96 bits per heavy atom. The van der Waals surface area contributed by atoms with Crippen LogP contribution in [0.3, 0.4) is 0 Å². The molecule has 6 heteroatoms. The molecule has 1 aliphatic rings. The highest BCUT2D eigenvalue weighted by Gasteiger charge is 2.20. The first-order chi connectivity index (χ1) is 12.3. The van der Waals surface area contributed by atoms with E-state index in [1.54, 1.807) is 19.4 Å².